The normalized spacial score (nSPS) is 30.2. The molecule has 0 aliphatic carbocycles. The Morgan fingerprint density at radius 3 is 2.29 bits per heavy atom. The van der Waals surface area contributed by atoms with E-state index in [4.69, 9.17) is 4.74 Å². The molecule has 0 radical (unpaired) electrons. The van der Waals surface area contributed by atoms with Crippen molar-refractivity contribution in [3.63, 3.8) is 0 Å². The third-order valence-electron chi connectivity index (χ3n) is 9.52. The molecule has 3 aliphatic heterocycles. The highest BCUT2D eigenvalue weighted by Gasteiger charge is 2.77. The molecule has 2 bridgehead atoms. The summed E-state index contributed by atoms with van der Waals surface area (Å²) in [7, 11) is 0. The van der Waals surface area contributed by atoms with E-state index in [1.165, 1.54) is 0 Å². The second-order valence-corrected chi connectivity index (χ2v) is 15.6. The zero-order valence-corrected chi connectivity index (χ0v) is 28.7. The van der Waals surface area contributed by atoms with Crippen molar-refractivity contribution in [2.75, 3.05) is 26.2 Å². The van der Waals surface area contributed by atoms with E-state index in [1.807, 2.05) is 25.7 Å². The number of ether oxygens (including phenoxy) is 1. The van der Waals surface area contributed by atoms with E-state index in [2.05, 4.69) is 63.7 Å². The third kappa shape index (κ3) is 6.12. The lowest BCUT2D eigenvalue weighted by Crippen LogP contribution is -2.63. The molecule has 3 fully saturated rings. The van der Waals surface area contributed by atoms with Crippen molar-refractivity contribution < 1.29 is 24.2 Å². The van der Waals surface area contributed by atoms with Crippen LogP contribution in [0.25, 0.3) is 0 Å². The van der Waals surface area contributed by atoms with Crippen molar-refractivity contribution in [1.29, 1.82) is 0 Å². The predicted molar refractivity (Wildman–Crippen MR) is 170 cm³/mol. The number of hydrogen-bond donors (Lipinski definition) is 1. The molecule has 1 N–H and O–H groups in total. The van der Waals surface area contributed by atoms with Crippen molar-refractivity contribution in [3.05, 3.63) is 25.3 Å². The Balaban J connectivity index is 2.21. The highest BCUT2D eigenvalue weighted by Crippen LogP contribution is 2.61. The zero-order valence-electron chi connectivity index (χ0n) is 27.1. The number of hydrogen-bond acceptors (Lipinski definition) is 5. The van der Waals surface area contributed by atoms with E-state index in [0.29, 0.717) is 26.1 Å². The van der Waals surface area contributed by atoms with E-state index in [0.717, 1.165) is 19.3 Å². The molecule has 3 saturated heterocycles. The third-order valence-corrected chi connectivity index (χ3v) is 10.4. The average molecular weight is 653 g/mol. The maximum atomic E-state index is 15.0. The standard InChI is InChI=1S/C33H54BrN3O5/c1-11-15-35(16-12-2)28(39)24-25-29(40)37(23(19-38)21(5)14-4)27(33(25)18-22(34)26(24)42-33)30(41)36(17-13-3)32(9,10)20-31(6,7)8/h11,13,21-27,38H,1,3,12,14-20H2,2,4-10H3/t21-,22?,23-,24-,25-,26-,27?,33?/m0/s1. The first-order valence-electron chi connectivity index (χ1n) is 15.6. The SMILES string of the molecule is C=CCN(CCC)C(=O)[C@H]1[C@H]2C(=O)N([C@@H](CO)[C@@H](C)CC)C(C(=O)N(CC=C)C(C)(C)CC(C)(C)C)C23CC(Br)[C@@H]1O3. The fourth-order valence-corrected chi connectivity index (χ4v) is 8.98. The average Bonchev–Trinajstić information content (AvgIpc) is 3.48. The van der Waals surface area contributed by atoms with Crippen molar-refractivity contribution in [3.8, 4) is 0 Å². The van der Waals surface area contributed by atoms with Gasteiger partial charge in [0.05, 0.1) is 30.6 Å². The summed E-state index contributed by atoms with van der Waals surface area (Å²) in [6.45, 7) is 25.3. The van der Waals surface area contributed by atoms with E-state index < -0.39 is 41.2 Å². The van der Waals surface area contributed by atoms with Gasteiger partial charge in [0.25, 0.3) is 0 Å². The van der Waals surface area contributed by atoms with Gasteiger partial charge in [0.1, 0.15) is 11.6 Å². The summed E-state index contributed by atoms with van der Waals surface area (Å²) in [5, 5.41) is 10.7. The number of carbonyl (C=O) groups excluding carboxylic acids is 3. The van der Waals surface area contributed by atoms with Crippen molar-refractivity contribution >= 4 is 33.7 Å². The molecule has 1 spiro atoms. The summed E-state index contributed by atoms with van der Waals surface area (Å²) in [5.41, 5.74) is -1.80. The molecule has 3 aliphatic rings. The number of nitrogens with zero attached hydrogens (tertiary/aromatic N) is 3. The number of rotatable bonds is 14. The van der Waals surface area contributed by atoms with Gasteiger partial charge in [-0.15, -0.1) is 13.2 Å². The van der Waals surface area contributed by atoms with Crippen LogP contribution in [-0.2, 0) is 19.1 Å². The Kier molecular flexibility index (Phi) is 10.9. The number of carbonyl (C=O) groups is 3. The second kappa shape index (κ2) is 13.1. The summed E-state index contributed by atoms with van der Waals surface area (Å²) >= 11 is 3.79. The molecule has 8 atom stereocenters. The minimum absolute atomic E-state index is 0.0613. The lowest BCUT2D eigenvalue weighted by Gasteiger charge is -2.47. The van der Waals surface area contributed by atoms with Gasteiger partial charge < -0.3 is 24.5 Å². The van der Waals surface area contributed by atoms with Gasteiger partial charge in [0.2, 0.25) is 17.7 Å². The number of alkyl halides is 1. The number of likely N-dealkylation sites (tertiary alicyclic amines) is 1. The molecular weight excluding hydrogens is 598 g/mol. The van der Waals surface area contributed by atoms with Crippen LogP contribution in [0.5, 0.6) is 0 Å². The largest absolute Gasteiger partial charge is 0.394 e. The summed E-state index contributed by atoms with van der Waals surface area (Å²) < 4.78 is 6.78. The smallest absolute Gasteiger partial charge is 0.249 e. The molecular formula is C33H54BrN3O5. The molecule has 9 heteroatoms. The van der Waals surface area contributed by atoms with Crippen LogP contribution in [-0.4, -0.2) is 97.9 Å². The quantitative estimate of drug-likeness (QED) is 0.215. The summed E-state index contributed by atoms with van der Waals surface area (Å²) in [4.78, 5) is 48.8. The summed E-state index contributed by atoms with van der Waals surface area (Å²) in [6, 6.07) is -1.55. The lowest BCUT2D eigenvalue weighted by molar-refractivity contribution is -0.157. The molecule has 3 rings (SSSR count). The van der Waals surface area contributed by atoms with Gasteiger partial charge in [-0.1, -0.05) is 76.0 Å². The zero-order chi connectivity index (χ0) is 31.8. The van der Waals surface area contributed by atoms with Crippen LogP contribution in [0.2, 0.25) is 0 Å². The number of aliphatic hydroxyl groups excluding tert-OH is 1. The highest BCUT2D eigenvalue weighted by molar-refractivity contribution is 9.09. The maximum Gasteiger partial charge on any atom is 0.249 e. The molecule has 0 aromatic rings. The molecule has 0 aromatic heterocycles. The van der Waals surface area contributed by atoms with Gasteiger partial charge in [0.15, 0.2) is 0 Å². The van der Waals surface area contributed by atoms with Gasteiger partial charge in [0, 0.05) is 30.0 Å². The minimum Gasteiger partial charge on any atom is -0.394 e. The molecule has 0 aromatic carbocycles. The van der Waals surface area contributed by atoms with Gasteiger partial charge in [-0.05, 0) is 44.4 Å². The minimum atomic E-state index is -1.18. The van der Waals surface area contributed by atoms with Crippen LogP contribution >= 0.6 is 15.9 Å². The molecule has 238 valence electrons. The van der Waals surface area contributed by atoms with Crippen molar-refractivity contribution in [2.24, 2.45) is 23.2 Å². The van der Waals surface area contributed by atoms with Crippen LogP contribution in [0.3, 0.4) is 0 Å². The fourth-order valence-electron chi connectivity index (χ4n) is 8.03. The number of aliphatic hydroxyl groups is 1. The van der Waals surface area contributed by atoms with Crippen LogP contribution in [0.4, 0.5) is 0 Å². The topological polar surface area (TPSA) is 90.4 Å². The predicted octanol–water partition coefficient (Wildman–Crippen LogP) is 4.80. The van der Waals surface area contributed by atoms with E-state index in [1.54, 1.807) is 22.0 Å². The number of halogens is 1. The number of amides is 3. The van der Waals surface area contributed by atoms with Gasteiger partial charge in [-0.3, -0.25) is 14.4 Å². The maximum absolute atomic E-state index is 15.0. The van der Waals surface area contributed by atoms with Crippen molar-refractivity contribution in [1.82, 2.24) is 14.7 Å². The molecule has 3 amide bonds. The summed E-state index contributed by atoms with van der Waals surface area (Å²) in [5.74, 6) is -2.23. The Morgan fingerprint density at radius 2 is 1.79 bits per heavy atom. The first kappa shape index (κ1) is 34.8. The van der Waals surface area contributed by atoms with Crippen LogP contribution in [0, 0.1) is 23.2 Å². The van der Waals surface area contributed by atoms with E-state index in [9.17, 15) is 14.7 Å². The first-order valence-corrected chi connectivity index (χ1v) is 16.5. The lowest BCUT2D eigenvalue weighted by atomic mass is 9.70. The monoisotopic (exact) mass is 651 g/mol. The van der Waals surface area contributed by atoms with Gasteiger partial charge in [-0.25, -0.2) is 0 Å². The molecule has 3 unspecified atom stereocenters. The van der Waals surface area contributed by atoms with Crippen LogP contribution in [0.1, 0.15) is 81.1 Å². The Labute approximate surface area is 262 Å². The highest BCUT2D eigenvalue weighted by atomic mass is 79.9. The fraction of sp³-hybridized carbons (Fsp3) is 0.788. The van der Waals surface area contributed by atoms with Gasteiger partial charge in [-0.2, -0.15) is 0 Å². The Morgan fingerprint density at radius 1 is 1.17 bits per heavy atom. The van der Waals surface area contributed by atoms with E-state index in [-0.39, 0.29) is 40.5 Å². The van der Waals surface area contributed by atoms with Gasteiger partial charge >= 0.3 is 0 Å². The Bertz CT molecular complexity index is 1040. The number of fused-ring (bicyclic) bond motifs is 1. The summed E-state index contributed by atoms with van der Waals surface area (Å²) in [6.07, 6.45) is 5.54. The molecule has 42 heavy (non-hydrogen) atoms. The van der Waals surface area contributed by atoms with Crippen LogP contribution < -0.4 is 0 Å². The molecule has 0 saturated carbocycles. The van der Waals surface area contributed by atoms with E-state index >= 15 is 4.79 Å². The van der Waals surface area contributed by atoms with Crippen LogP contribution in [0.15, 0.2) is 25.3 Å². The Hall–Kier alpha value is -1.71. The second-order valence-electron chi connectivity index (χ2n) is 14.4. The first-order chi connectivity index (χ1) is 19.6. The molecule has 3 heterocycles. The van der Waals surface area contributed by atoms with Crippen molar-refractivity contribution in [2.45, 2.75) is 115 Å². The molecule has 8 nitrogen and oxygen atoms in total.